The zero-order valence-corrected chi connectivity index (χ0v) is 23.4. The summed E-state index contributed by atoms with van der Waals surface area (Å²) in [7, 11) is 0. The first-order valence-electron chi connectivity index (χ1n) is 14.7. The highest BCUT2D eigenvalue weighted by molar-refractivity contribution is 5.92. The molecule has 2 aliphatic rings. The molecule has 4 heterocycles. The number of anilines is 1. The second kappa shape index (κ2) is 13.2. The van der Waals surface area contributed by atoms with Gasteiger partial charge in [-0.2, -0.15) is 0 Å². The molecule has 0 spiro atoms. The molecule has 0 radical (unpaired) electrons. The highest BCUT2D eigenvalue weighted by Crippen LogP contribution is 2.24. The topological polar surface area (TPSA) is 93.5 Å². The van der Waals surface area contributed by atoms with Crippen molar-refractivity contribution in [2.45, 2.75) is 51.5 Å². The number of carbonyl (C=O) groups is 1. The summed E-state index contributed by atoms with van der Waals surface area (Å²) in [6.07, 6.45) is 10.0. The summed E-state index contributed by atoms with van der Waals surface area (Å²) in [5.74, 6) is 0.905. The van der Waals surface area contributed by atoms with Crippen molar-refractivity contribution in [2.75, 3.05) is 31.1 Å². The number of piperidine rings is 1. The first kappa shape index (κ1) is 27.4. The number of carbonyl (C=O) groups excluding carboxylic acids is 1. The molecule has 9 nitrogen and oxygen atoms in total. The van der Waals surface area contributed by atoms with Crippen molar-refractivity contribution in [3.05, 3.63) is 89.9 Å². The number of rotatable bonds is 10. The van der Waals surface area contributed by atoms with Crippen molar-refractivity contribution in [1.29, 1.82) is 0 Å². The van der Waals surface area contributed by atoms with Crippen LogP contribution in [0.15, 0.2) is 73.2 Å². The van der Waals surface area contributed by atoms with E-state index in [4.69, 9.17) is 9.57 Å². The highest BCUT2D eigenvalue weighted by Gasteiger charge is 2.22. The van der Waals surface area contributed by atoms with Crippen molar-refractivity contribution >= 4 is 22.8 Å². The number of hydrogen-bond acceptors (Lipinski definition) is 7. The maximum atomic E-state index is 12.4. The third-order valence-electron chi connectivity index (χ3n) is 8.03. The Morgan fingerprint density at radius 2 is 1.76 bits per heavy atom. The molecule has 2 aromatic carbocycles. The van der Waals surface area contributed by atoms with Crippen LogP contribution in [0.4, 0.5) is 5.95 Å². The Morgan fingerprint density at radius 1 is 0.976 bits per heavy atom. The first-order chi connectivity index (χ1) is 20.2. The van der Waals surface area contributed by atoms with E-state index in [-0.39, 0.29) is 12.2 Å². The van der Waals surface area contributed by atoms with Gasteiger partial charge in [0, 0.05) is 68.7 Å². The summed E-state index contributed by atoms with van der Waals surface area (Å²) in [5.41, 5.74) is 6.75. The van der Waals surface area contributed by atoms with Crippen molar-refractivity contribution in [3.8, 4) is 0 Å². The maximum Gasteiger partial charge on any atom is 0.278 e. The molecule has 4 aromatic rings. The Bertz CT molecular complexity index is 1410. The molecule has 41 heavy (non-hydrogen) atoms. The summed E-state index contributed by atoms with van der Waals surface area (Å²) in [4.78, 5) is 28.9. The van der Waals surface area contributed by atoms with E-state index in [0.29, 0.717) is 24.0 Å². The van der Waals surface area contributed by atoms with E-state index in [0.717, 1.165) is 64.8 Å². The van der Waals surface area contributed by atoms with Crippen LogP contribution in [0.25, 0.3) is 10.9 Å². The summed E-state index contributed by atoms with van der Waals surface area (Å²) in [5, 5.41) is 5.04. The maximum absolute atomic E-state index is 12.4. The lowest BCUT2D eigenvalue weighted by Gasteiger charge is -2.32. The van der Waals surface area contributed by atoms with Crippen LogP contribution in [0, 0.1) is 5.92 Å². The summed E-state index contributed by atoms with van der Waals surface area (Å²) >= 11 is 0. The number of para-hydroxylation sites is 1. The molecule has 1 atom stereocenters. The standard InChI is InChI=1S/C32H38N6O3/c39-31(36-41-30-12-6-7-17-40-30)26-20-34-32(35-21-26)37-15-13-24(14-16-37)18-33-19-27-23-38(22-25-8-2-1-3-9-25)29-11-5-4-10-28(27)29/h1-5,8-11,20-21,23-24,30,33H,6-7,12-19,22H2,(H,36,39). The van der Waals surface area contributed by atoms with Crippen molar-refractivity contribution in [3.63, 3.8) is 0 Å². The molecule has 9 heteroatoms. The van der Waals surface area contributed by atoms with E-state index in [1.807, 2.05) is 0 Å². The monoisotopic (exact) mass is 554 g/mol. The van der Waals surface area contributed by atoms with Gasteiger partial charge in [-0.15, -0.1) is 0 Å². The molecule has 0 aliphatic carbocycles. The number of fused-ring (bicyclic) bond motifs is 1. The molecule has 0 bridgehead atoms. The van der Waals surface area contributed by atoms with Gasteiger partial charge in [-0.05, 0) is 55.3 Å². The Balaban J connectivity index is 0.963. The fraction of sp³-hybridized carbons (Fsp3) is 0.406. The number of hydroxylamine groups is 1. The van der Waals surface area contributed by atoms with Crippen LogP contribution in [0.1, 0.15) is 53.6 Å². The van der Waals surface area contributed by atoms with E-state index >= 15 is 0 Å². The van der Waals surface area contributed by atoms with Crippen LogP contribution in [-0.4, -0.2) is 53.0 Å². The minimum absolute atomic E-state index is 0.362. The lowest BCUT2D eigenvalue weighted by atomic mass is 9.97. The SMILES string of the molecule is O=C(NOC1CCCCO1)c1cnc(N2CCC(CNCc3cn(Cc4ccccc4)c4ccccc34)CC2)nc1. The predicted octanol–water partition coefficient (Wildman–Crippen LogP) is 4.67. The normalized spacial score (nSPS) is 18.0. The largest absolute Gasteiger partial charge is 0.350 e. The van der Waals surface area contributed by atoms with E-state index in [2.05, 4.69) is 91.0 Å². The van der Waals surface area contributed by atoms with Gasteiger partial charge in [0.2, 0.25) is 5.95 Å². The van der Waals surface area contributed by atoms with E-state index in [9.17, 15) is 4.79 Å². The minimum Gasteiger partial charge on any atom is -0.350 e. The van der Waals surface area contributed by atoms with Crippen LogP contribution >= 0.6 is 0 Å². The van der Waals surface area contributed by atoms with Gasteiger partial charge in [0.1, 0.15) is 0 Å². The molecule has 2 aliphatic heterocycles. The van der Waals surface area contributed by atoms with Crippen LogP contribution in [0.3, 0.4) is 0 Å². The van der Waals surface area contributed by atoms with Gasteiger partial charge in [-0.25, -0.2) is 20.3 Å². The van der Waals surface area contributed by atoms with Gasteiger partial charge in [-0.1, -0.05) is 48.5 Å². The molecule has 0 saturated carbocycles. The molecule has 2 fully saturated rings. The molecule has 214 valence electrons. The van der Waals surface area contributed by atoms with Crippen LogP contribution in [0.5, 0.6) is 0 Å². The van der Waals surface area contributed by atoms with Gasteiger partial charge in [-0.3, -0.25) is 4.79 Å². The number of aromatic nitrogens is 3. The second-order valence-electron chi connectivity index (χ2n) is 11.0. The second-order valence-corrected chi connectivity index (χ2v) is 11.0. The summed E-state index contributed by atoms with van der Waals surface area (Å²) in [6.45, 7) is 5.16. The van der Waals surface area contributed by atoms with Crippen molar-refractivity contribution < 1.29 is 14.4 Å². The van der Waals surface area contributed by atoms with E-state index in [1.165, 1.54) is 22.0 Å². The Morgan fingerprint density at radius 3 is 2.54 bits per heavy atom. The molecule has 1 amide bonds. The van der Waals surface area contributed by atoms with E-state index in [1.54, 1.807) is 12.4 Å². The number of hydrogen-bond donors (Lipinski definition) is 2. The Hall–Kier alpha value is -3.79. The third kappa shape index (κ3) is 6.93. The van der Waals surface area contributed by atoms with Gasteiger partial charge < -0.3 is 19.5 Å². The first-order valence-corrected chi connectivity index (χ1v) is 14.7. The summed E-state index contributed by atoms with van der Waals surface area (Å²) in [6, 6.07) is 19.3. The average Bonchev–Trinajstić information content (AvgIpc) is 3.38. The Labute approximate surface area is 240 Å². The van der Waals surface area contributed by atoms with Crippen molar-refractivity contribution in [2.24, 2.45) is 5.92 Å². The minimum atomic E-state index is -0.385. The number of amides is 1. The van der Waals surface area contributed by atoms with Crippen LogP contribution in [0.2, 0.25) is 0 Å². The smallest absolute Gasteiger partial charge is 0.278 e. The van der Waals surface area contributed by atoms with Gasteiger partial charge in [0.05, 0.1) is 5.56 Å². The number of nitrogens with one attached hydrogen (secondary N) is 2. The zero-order chi connectivity index (χ0) is 27.9. The van der Waals surface area contributed by atoms with Crippen LogP contribution < -0.4 is 15.7 Å². The molecule has 6 rings (SSSR count). The van der Waals surface area contributed by atoms with Crippen LogP contribution in [-0.2, 0) is 22.7 Å². The molecule has 1 unspecified atom stereocenters. The quantitative estimate of drug-likeness (QED) is 0.275. The molecule has 2 aromatic heterocycles. The van der Waals surface area contributed by atoms with E-state index < -0.39 is 0 Å². The lowest BCUT2D eigenvalue weighted by Crippen LogP contribution is -2.38. The predicted molar refractivity (Wildman–Crippen MR) is 158 cm³/mol. The Kier molecular flexibility index (Phi) is 8.85. The summed E-state index contributed by atoms with van der Waals surface area (Å²) < 4.78 is 7.83. The molecular weight excluding hydrogens is 516 g/mol. The lowest BCUT2D eigenvalue weighted by molar-refractivity contribution is -0.186. The fourth-order valence-electron chi connectivity index (χ4n) is 5.71. The van der Waals surface area contributed by atoms with Gasteiger partial charge in [0.15, 0.2) is 6.29 Å². The average molecular weight is 555 g/mol. The number of ether oxygens (including phenoxy) is 1. The zero-order valence-electron chi connectivity index (χ0n) is 23.4. The third-order valence-corrected chi connectivity index (χ3v) is 8.03. The van der Waals surface area contributed by atoms with Gasteiger partial charge in [0.25, 0.3) is 5.91 Å². The highest BCUT2D eigenvalue weighted by atomic mass is 16.8. The number of nitrogens with zero attached hydrogens (tertiary/aromatic N) is 4. The molecule has 2 saturated heterocycles. The number of benzene rings is 2. The molecule has 2 N–H and O–H groups in total. The molecular formula is C32H38N6O3. The van der Waals surface area contributed by atoms with Crippen molar-refractivity contribution in [1.82, 2.24) is 25.3 Å². The van der Waals surface area contributed by atoms with Gasteiger partial charge >= 0.3 is 0 Å². The fourth-order valence-corrected chi connectivity index (χ4v) is 5.71.